The van der Waals surface area contributed by atoms with Crippen LogP contribution in [0.1, 0.15) is 35.3 Å². The van der Waals surface area contributed by atoms with Crippen LogP contribution in [0.25, 0.3) is 10.9 Å². The minimum atomic E-state index is -1.42. The SMILES string of the molecule is C=CC1CN(c2c(F)cc3c(=O)c(C(=O)O)cn([C@@H]4C[C@@H]4F)c3c2C)CC1(C)N. The van der Waals surface area contributed by atoms with Crippen LogP contribution in [0.4, 0.5) is 14.5 Å². The number of aryl methyl sites for hydroxylation is 1. The summed E-state index contributed by atoms with van der Waals surface area (Å²) in [5.74, 6) is -2.10. The number of anilines is 1. The molecule has 1 saturated heterocycles. The summed E-state index contributed by atoms with van der Waals surface area (Å²) in [7, 11) is 0. The number of carboxylic acid groups (broad SMARTS) is 1. The third-order valence-electron chi connectivity index (χ3n) is 6.14. The topological polar surface area (TPSA) is 88.6 Å². The van der Waals surface area contributed by atoms with Crippen molar-refractivity contribution in [2.75, 3.05) is 18.0 Å². The van der Waals surface area contributed by atoms with Crippen LogP contribution >= 0.6 is 0 Å². The minimum Gasteiger partial charge on any atom is -0.477 e. The van der Waals surface area contributed by atoms with Crippen LogP contribution in [0.3, 0.4) is 0 Å². The van der Waals surface area contributed by atoms with E-state index in [0.29, 0.717) is 29.9 Å². The van der Waals surface area contributed by atoms with Crippen molar-refractivity contribution in [3.05, 3.63) is 52.1 Å². The van der Waals surface area contributed by atoms with E-state index < -0.39 is 40.5 Å². The fraction of sp³-hybridized carbons (Fsp3) is 0.429. The molecule has 2 unspecified atom stereocenters. The third-order valence-corrected chi connectivity index (χ3v) is 6.14. The highest BCUT2D eigenvalue weighted by molar-refractivity contribution is 5.95. The van der Waals surface area contributed by atoms with Gasteiger partial charge in [0, 0.05) is 42.6 Å². The van der Waals surface area contributed by atoms with Gasteiger partial charge in [-0.25, -0.2) is 13.6 Å². The molecule has 4 rings (SSSR count). The molecule has 0 radical (unpaired) electrons. The molecule has 1 saturated carbocycles. The summed E-state index contributed by atoms with van der Waals surface area (Å²) in [5, 5.41) is 9.31. The zero-order valence-electron chi connectivity index (χ0n) is 16.3. The van der Waals surface area contributed by atoms with Crippen LogP contribution in [0, 0.1) is 18.7 Å². The number of benzene rings is 1. The highest BCUT2D eigenvalue weighted by Gasteiger charge is 2.42. The van der Waals surface area contributed by atoms with Gasteiger partial charge >= 0.3 is 5.97 Å². The number of fused-ring (bicyclic) bond motifs is 1. The summed E-state index contributed by atoms with van der Waals surface area (Å²) in [5.41, 5.74) is 5.61. The lowest BCUT2D eigenvalue weighted by molar-refractivity contribution is 0.0694. The van der Waals surface area contributed by atoms with Crippen LogP contribution in [-0.2, 0) is 0 Å². The van der Waals surface area contributed by atoms with E-state index in [1.165, 1.54) is 10.8 Å². The van der Waals surface area contributed by atoms with Gasteiger partial charge in [0.25, 0.3) is 0 Å². The highest BCUT2D eigenvalue weighted by Crippen LogP contribution is 2.43. The van der Waals surface area contributed by atoms with Gasteiger partial charge in [0.1, 0.15) is 17.6 Å². The number of aromatic carboxylic acids is 1. The number of carbonyl (C=O) groups is 1. The Bertz CT molecular complexity index is 1110. The number of nitrogens with two attached hydrogens (primary N) is 1. The minimum absolute atomic E-state index is 0.0489. The molecule has 1 aromatic heterocycles. The number of hydrogen-bond acceptors (Lipinski definition) is 4. The molecule has 8 heteroatoms. The van der Waals surface area contributed by atoms with Crippen LogP contribution < -0.4 is 16.1 Å². The molecule has 0 spiro atoms. The quantitative estimate of drug-likeness (QED) is 0.767. The Kier molecular flexibility index (Phi) is 4.31. The maximum atomic E-state index is 15.2. The van der Waals surface area contributed by atoms with Crippen molar-refractivity contribution in [2.24, 2.45) is 11.7 Å². The van der Waals surface area contributed by atoms with Crippen LogP contribution in [-0.4, -0.2) is 40.4 Å². The molecule has 154 valence electrons. The van der Waals surface area contributed by atoms with Crippen molar-refractivity contribution < 1.29 is 18.7 Å². The predicted molar refractivity (Wildman–Crippen MR) is 107 cm³/mol. The van der Waals surface area contributed by atoms with Gasteiger partial charge in [-0.2, -0.15) is 0 Å². The van der Waals surface area contributed by atoms with Crippen molar-refractivity contribution in [3.63, 3.8) is 0 Å². The molecule has 0 bridgehead atoms. The smallest absolute Gasteiger partial charge is 0.341 e. The second-order valence-electron chi connectivity index (χ2n) is 8.36. The van der Waals surface area contributed by atoms with E-state index >= 15 is 4.39 Å². The Labute approximate surface area is 166 Å². The Morgan fingerprint density at radius 3 is 2.66 bits per heavy atom. The monoisotopic (exact) mass is 403 g/mol. The number of rotatable bonds is 4. The molecular formula is C21H23F2N3O3. The lowest BCUT2D eigenvalue weighted by Crippen LogP contribution is -2.43. The number of carboxylic acids is 1. The molecule has 1 aliphatic carbocycles. The van der Waals surface area contributed by atoms with Crippen molar-refractivity contribution in [1.82, 2.24) is 4.57 Å². The molecule has 2 aromatic rings. The van der Waals surface area contributed by atoms with Crippen LogP contribution in [0.5, 0.6) is 0 Å². The first-order valence-corrected chi connectivity index (χ1v) is 9.48. The molecular weight excluding hydrogens is 380 g/mol. The second kappa shape index (κ2) is 6.38. The molecule has 1 aromatic carbocycles. The molecule has 4 atom stereocenters. The summed E-state index contributed by atoms with van der Waals surface area (Å²) >= 11 is 0. The molecule has 3 N–H and O–H groups in total. The van der Waals surface area contributed by atoms with E-state index in [9.17, 15) is 19.1 Å². The number of halogens is 2. The summed E-state index contributed by atoms with van der Waals surface area (Å²) in [6, 6.07) is 0.501. The first-order chi connectivity index (χ1) is 13.6. The van der Waals surface area contributed by atoms with Crippen LogP contribution in [0.2, 0.25) is 0 Å². The molecule has 2 heterocycles. The van der Waals surface area contributed by atoms with Gasteiger partial charge in [0.15, 0.2) is 0 Å². The van der Waals surface area contributed by atoms with Crippen LogP contribution in [0.15, 0.2) is 29.7 Å². The largest absolute Gasteiger partial charge is 0.477 e. The van der Waals surface area contributed by atoms with E-state index in [4.69, 9.17) is 5.73 Å². The molecule has 0 amide bonds. The van der Waals surface area contributed by atoms with E-state index in [-0.39, 0.29) is 17.7 Å². The maximum absolute atomic E-state index is 15.2. The van der Waals surface area contributed by atoms with Crippen molar-refractivity contribution in [1.29, 1.82) is 0 Å². The van der Waals surface area contributed by atoms with E-state index in [0.717, 1.165) is 6.07 Å². The van der Waals surface area contributed by atoms with Gasteiger partial charge in [0.2, 0.25) is 5.43 Å². The summed E-state index contributed by atoms with van der Waals surface area (Å²) in [6.45, 7) is 8.21. The van der Waals surface area contributed by atoms with E-state index in [1.807, 2.05) is 11.8 Å². The lowest BCUT2D eigenvalue weighted by Gasteiger charge is -2.26. The Morgan fingerprint density at radius 1 is 1.48 bits per heavy atom. The van der Waals surface area contributed by atoms with Gasteiger partial charge in [-0.15, -0.1) is 6.58 Å². The first kappa shape index (κ1) is 19.6. The van der Waals surface area contributed by atoms with Gasteiger partial charge in [0.05, 0.1) is 17.2 Å². The summed E-state index contributed by atoms with van der Waals surface area (Å²) in [4.78, 5) is 26.0. The number of aromatic nitrogens is 1. The van der Waals surface area contributed by atoms with Gasteiger partial charge < -0.3 is 20.3 Å². The Morgan fingerprint density at radius 2 is 2.14 bits per heavy atom. The summed E-state index contributed by atoms with van der Waals surface area (Å²) in [6.07, 6.45) is 2.03. The zero-order valence-corrected chi connectivity index (χ0v) is 16.3. The fourth-order valence-electron chi connectivity index (χ4n) is 4.47. The molecule has 6 nitrogen and oxygen atoms in total. The van der Waals surface area contributed by atoms with E-state index in [1.54, 1.807) is 13.0 Å². The molecule has 1 aliphatic heterocycles. The lowest BCUT2D eigenvalue weighted by atomic mass is 9.91. The number of alkyl halides is 1. The van der Waals surface area contributed by atoms with Crippen molar-refractivity contribution >= 4 is 22.6 Å². The number of nitrogens with zero attached hydrogens (tertiary/aromatic N) is 2. The molecule has 2 aliphatic rings. The third kappa shape index (κ3) is 2.93. The molecule has 2 fully saturated rings. The zero-order chi connectivity index (χ0) is 21.2. The average molecular weight is 403 g/mol. The molecule has 29 heavy (non-hydrogen) atoms. The van der Waals surface area contributed by atoms with Gasteiger partial charge in [-0.3, -0.25) is 4.79 Å². The Hall–Kier alpha value is -2.74. The van der Waals surface area contributed by atoms with Gasteiger partial charge in [-0.1, -0.05) is 6.08 Å². The second-order valence-corrected chi connectivity index (χ2v) is 8.36. The number of hydrogen-bond donors (Lipinski definition) is 2. The standard InChI is InChI=1S/C21H23F2N3O3/c1-4-11-7-25(9-21(11,3)24)18-10(2)17-12(5-15(18)23)19(27)13(20(28)29)8-26(17)16-6-14(16)22/h4-5,8,11,14,16H,1,6-7,9,24H2,2-3H3,(H,28,29)/t11?,14-,16+,21?/m0/s1. The maximum Gasteiger partial charge on any atom is 0.341 e. The Balaban J connectivity index is 1.98. The van der Waals surface area contributed by atoms with Crippen molar-refractivity contribution in [2.45, 2.75) is 38.0 Å². The normalized spacial score (nSPS) is 28.7. The number of pyridine rings is 1. The van der Waals surface area contributed by atoms with E-state index in [2.05, 4.69) is 6.58 Å². The fourth-order valence-corrected chi connectivity index (χ4v) is 4.47. The highest BCUT2D eigenvalue weighted by atomic mass is 19.1. The summed E-state index contributed by atoms with van der Waals surface area (Å²) < 4.78 is 30.5. The predicted octanol–water partition coefficient (Wildman–Crippen LogP) is 2.77. The first-order valence-electron chi connectivity index (χ1n) is 9.48. The van der Waals surface area contributed by atoms with Gasteiger partial charge in [-0.05, 0) is 25.5 Å². The average Bonchev–Trinajstić information content (AvgIpc) is 3.27. The van der Waals surface area contributed by atoms with Crippen molar-refractivity contribution in [3.8, 4) is 0 Å².